The zero-order valence-corrected chi connectivity index (χ0v) is 14.1. The fraction of sp³-hybridized carbons (Fsp3) is 0.600. The second-order valence-corrected chi connectivity index (χ2v) is 8.27. The van der Waals surface area contributed by atoms with Crippen molar-refractivity contribution in [2.75, 3.05) is 33.4 Å². The maximum absolute atomic E-state index is 12.8. The Labute approximate surface area is 127 Å². The Morgan fingerprint density at radius 3 is 2.29 bits per heavy atom. The molecule has 0 aromatic heterocycles. The lowest BCUT2D eigenvalue weighted by molar-refractivity contribution is 0.0455. The van der Waals surface area contributed by atoms with Gasteiger partial charge in [0.05, 0.1) is 4.90 Å². The van der Waals surface area contributed by atoms with Crippen LogP contribution in [-0.4, -0.2) is 50.8 Å². The molecule has 1 fully saturated rings. The fourth-order valence-corrected chi connectivity index (χ4v) is 4.41. The van der Waals surface area contributed by atoms with E-state index in [0.29, 0.717) is 22.7 Å². The van der Waals surface area contributed by atoms with Gasteiger partial charge in [0.2, 0.25) is 10.0 Å². The molecular weight excluding hydrogens is 286 g/mol. The number of hydrogen-bond donors (Lipinski definition) is 1. The highest BCUT2D eigenvalue weighted by Gasteiger charge is 2.42. The summed E-state index contributed by atoms with van der Waals surface area (Å²) in [7, 11) is 2.23. The van der Waals surface area contributed by atoms with Gasteiger partial charge in [0.1, 0.15) is 0 Å². The Kier molecular flexibility index (Phi) is 4.33. The molecule has 118 valence electrons. The Morgan fingerprint density at radius 2 is 1.86 bits per heavy atom. The second-order valence-electron chi connectivity index (χ2n) is 6.26. The van der Waals surface area contributed by atoms with Crippen LogP contribution in [0.2, 0.25) is 0 Å². The van der Waals surface area contributed by atoms with Gasteiger partial charge in [0, 0.05) is 24.8 Å². The van der Waals surface area contributed by atoms with Crippen molar-refractivity contribution in [1.29, 1.82) is 0 Å². The third-order valence-corrected chi connectivity index (χ3v) is 6.60. The van der Waals surface area contributed by atoms with Gasteiger partial charge in [-0.3, -0.25) is 0 Å². The van der Waals surface area contributed by atoms with E-state index >= 15 is 0 Å². The highest BCUT2D eigenvalue weighted by molar-refractivity contribution is 7.89. The number of hydrogen-bond acceptors (Lipinski definition) is 4. The van der Waals surface area contributed by atoms with Gasteiger partial charge >= 0.3 is 0 Å². The lowest BCUT2D eigenvalue weighted by atomic mass is 9.75. The average Bonchev–Trinajstić information content (AvgIpc) is 2.32. The van der Waals surface area contributed by atoms with Crippen molar-refractivity contribution in [1.82, 2.24) is 9.21 Å². The van der Waals surface area contributed by atoms with Crippen LogP contribution in [0.1, 0.15) is 24.8 Å². The molecule has 0 heterocycles. The van der Waals surface area contributed by atoms with Crippen molar-refractivity contribution in [2.24, 2.45) is 0 Å². The molecule has 6 heteroatoms. The number of sulfonamides is 1. The molecule has 0 spiro atoms. The molecule has 0 atom stereocenters. The molecule has 1 aliphatic carbocycles. The zero-order chi connectivity index (χ0) is 15.8. The maximum Gasteiger partial charge on any atom is 0.243 e. The number of rotatable bonds is 5. The summed E-state index contributed by atoms with van der Waals surface area (Å²) in [5, 5.41) is 0. The smallest absolute Gasteiger partial charge is 0.243 e. The van der Waals surface area contributed by atoms with Gasteiger partial charge in [0.25, 0.3) is 0 Å². The van der Waals surface area contributed by atoms with Gasteiger partial charge in [-0.2, -0.15) is 4.31 Å². The molecule has 0 amide bonds. The molecule has 5 nitrogen and oxygen atoms in total. The molecule has 2 rings (SSSR count). The van der Waals surface area contributed by atoms with Crippen LogP contribution in [0.25, 0.3) is 0 Å². The van der Waals surface area contributed by atoms with Crippen LogP contribution in [0.3, 0.4) is 0 Å². The minimum Gasteiger partial charge on any atom is -0.399 e. The molecule has 1 saturated carbocycles. The van der Waals surface area contributed by atoms with Crippen LogP contribution in [-0.2, 0) is 10.0 Å². The molecule has 0 unspecified atom stereocenters. The van der Waals surface area contributed by atoms with Crippen LogP contribution < -0.4 is 5.73 Å². The van der Waals surface area contributed by atoms with Gasteiger partial charge in [-0.1, -0.05) is 0 Å². The van der Waals surface area contributed by atoms with Crippen LogP contribution in [0.15, 0.2) is 23.1 Å². The minimum atomic E-state index is -3.48. The summed E-state index contributed by atoms with van der Waals surface area (Å²) in [5.41, 5.74) is 6.95. The first-order valence-electron chi connectivity index (χ1n) is 7.19. The quantitative estimate of drug-likeness (QED) is 0.840. The summed E-state index contributed by atoms with van der Waals surface area (Å²) in [6.45, 7) is 2.30. The number of nitrogens with two attached hydrogens (primary N) is 1. The van der Waals surface area contributed by atoms with E-state index in [2.05, 4.69) is 4.90 Å². The Bertz CT molecular complexity index is 622. The predicted octanol–water partition coefficient (Wildman–Crippen LogP) is 1.68. The van der Waals surface area contributed by atoms with Gasteiger partial charge in [0.15, 0.2) is 0 Å². The van der Waals surface area contributed by atoms with Crippen molar-refractivity contribution in [3.05, 3.63) is 23.8 Å². The Morgan fingerprint density at radius 1 is 1.24 bits per heavy atom. The molecule has 0 bridgehead atoms. The molecule has 0 radical (unpaired) electrons. The molecule has 1 aromatic carbocycles. The summed E-state index contributed by atoms with van der Waals surface area (Å²) in [4.78, 5) is 2.49. The maximum atomic E-state index is 12.8. The minimum absolute atomic E-state index is 0.0243. The average molecular weight is 311 g/mol. The summed E-state index contributed by atoms with van der Waals surface area (Å²) >= 11 is 0. The van der Waals surface area contributed by atoms with Crippen molar-refractivity contribution in [2.45, 2.75) is 36.6 Å². The number of nitrogens with zero attached hydrogens (tertiary/aromatic N) is 2. The van der Waals surface area contributed by atoms with E-state index < -0.39 is 10.0 Å². The fourth-order valence-electron chi connectivity index (χ4n) is 2.96. The van der Waals surface area contributed by atoms with Crippen LogP contribution in [0, 0.1) is 6.92 Å². The Balaban J connectivity index is 2.27. The van der Waals surface area contributed by atoms with Crippen molar-refractivity contribution < 1.29 is 8.42 Å². The Hall–Kier alpha value is -1.11. The molecule has 2 N–H and O–H groups in total. The number of likely N-dealkylation sites (N-methyl/N-ethyl adjacent to an activating group) is 2. The SMILES string of the molecule is Cc1cc(N)ccc1S(=O)(=O)N(C)CC1(N(C)C)CCC1. The van der Waals surface area contributed by atoms with E-state index in [4.69, 9.17) is 5.73 Å². The van der Waals surface area contributed by atoms with E-state index in [1.807, 2.05) is 14.1 Å². The van der Waals surface area contributed by atoms with Gasteiger partial charge < -0.3 is 10.6 Å². The van der Waals surface area contributed by atoms with Crippen molar-refractivity contribution in [3.63, 3.8) is 0 Å². The summed E-state index contributed by atoms with van der Waals surface area (Å²) < 4.78 is 27.0. The molecule has 21 heavy (non-hydrogen) atoms. The first kappa shape index (κ1) is 16.3. The summed E-state index contributed by atoms with van der Waals surface area (Å²) in [6.07, 6.45) is 3.24. The summed E-state index contributed by atoms with van der Waals surface area (Å²) in [5.74, 6) is 0. The molecule has 1 aromatic rings. The third kappa shape index (κ3) is 2.93. The topological polar surface area (TPSA) is 66.6 Å². The van der Waals surface area contributed by atoms with E-state index in [0.717, 1.165) is 19.3 Å². The number of nitrogen functional groups attached to an aromatic ring is 1. The predicted molar refractivity (Wildman–Crippen MR) is 85.7 cm³/mol. The molecule has 0 aliphatic heterocycles. The van der Waals surface area contributed by atoms with E-state index in [1.165, 1.54) is 4.31 Å². The standard InChI is InChI=1S/C15H25N3O2S/c1-12-10-13(16)6-7-14(12)21(19,20)18(4)11-15(17(2)3)8-5-9-15/h6-7,10H,5,8-9,11,16H2,1-4H3. The van der Waals surface area contributed by atoms with Gasteiger partial charge in [-0.25, -0.2) is 8.42 Å². The van der Waals surface area contributed by atoms with Gasteiger partial charge in [-0.15, -0.1) is 0 Å². The lowest BCUT2D eigenvalue weighted by Crippen LogP contribution is -2.57. The zero-order valence-electron chi connectivity index (χ0n) is 13.3. The van der Waals surface area contributed by atoms with Crippen molar-refractivity contribution in [3.8, 4) is 0 Å². The molecular formula is C15H25N3O2S. The number of benzene rings is 1. The summed E-state index contributed by atoms with van der Waals surface area (Å²) in [6, 6.07) is 4.93. The van der Waals surface area contributed by atoms with E-state index in [1.54, 1.807) is 32.2 Å². The highest BCUT2D eigenvalue weighted by atomic mass is 32.2. The van der Waals surface area contributed by atoms with Crippen LogP contribution in [0.4, 0.5) is 5.69 Å². The highest BCUT2D eigenvalue weighted by Crippen LogP contribution is 2.37. The van der Waals surface area contributed by atoms with Crippen LogP contribution in [0.5, 0.6) is 0 Å². The first-order chi connectivity index (χ1) is 9.69. The number of aryl methyl sites for hydroxylation is 1. The normalized spacial score (nSPS) is 18.0. The number of anilines is 1. The van der Waals surface area contributed by atoms with Gasteiger partial charge in [-0.05, 0) is 64.0 Å². The van der Waals surface area contributed by atoms with E-state index in [-0.39, 0.29) is 5.54 Å². The van der Waals surface area contributed by atoms with Crippen molar-refractivity contribution >= 4 is 15.7 Å². The monoisotopic (exact) mass is 311 g/mol. The molecule has 1 aliphatic rings. The second kappa shape index (κ2) is 5.59. The largest absolute Gasteiger partial charge is 0.399 e. The molecule has 0 saturated heterocycles. The van der Waals surface area contributed by atoms with Crippen LogP contribution >= 0.6 is 0 Å². The van der Waals surface area contributed by atoms with E-state index in [9.17, 15) is 8.42 Å². The lowest BCUT2D eigenvalue weighted by Gasteiger charge is -2.49. The third-order valence-electron chi connectivity index (χ3n) is 4.64. The first-order valence-corrected chi connectivity index (χ1v) is 8.63.